The van der Waals surface area contributed by atoms with Gasteiger partial charge < -0.3 is 9.67 Å². The minimum Gasteiger partial charge on any atom is -0.478 e. The number of aromatic carboxylic acids is 1. The largest absolute Gasteiger partial charge is 0.478 e. The van der Waals surface area contributed by atoms with Gasteiger partial charge in [-0.1, -0.05) is 11.8 Å². The van der Waals surface area contributed by atoms with E-state index in [1.165, 1.54) is 17.8 Å². The lowest BCUT2D eigenvalue weighted by molar-refractivity contribution is 0.0692. The van der Waals surface area contributed by atoms with E-state index in [4.69, 9.17) is 5.11 Å². The maximum Gasteiger partial charge on any atom is 0.338 e. The van der Waals surface area contributed by atoms with Crippen molar-refractivity contribution in [2.45, 2.75) is 10.8 Å². The lowest BCUT2D eigenvalue weighted by Gasteiger charge is -2.03. The monoisotopic (exact) mass is 250 g/mol. The van der Waals surface area contributed by atoms with Crippen LogP contribution in [0.2, 0.25) is 0 Å². The summed E-state index contributed by atoms with van der Waals surface area (Å²) in [5.74, 6) is 0.337. The molecule has 2 aromatic rings. The number of nitrogens with zero attached hydrogens (tertiary/aromatic N) is 4. The van der Waals surface area contributed by atoms with Crippen molar-refractivity contribution in [1.82, 2.24) is 19.7 Å². The number of thioether (sulfide) groups is 1. The highest BCUT2D eigenvalue weighted by atomic mass is 32.2. The second kappa shape index (κ2) is 4.96. The zero-order valence-corrected chi connectivity index (χ0v) is 9.89. The fourth-order valence-corrected chi connectivity index (χ4v) is 2.21. The van der Waals surface area contributed by atoms with Crippen LogP contribution >= 0.6 is 11.8 Å². The Morgan fingerprint density at radius 2 is 2.41 bits per heavy atom. The number of carbonyl (C=O) groups is 1. The summed E-state index contributed by atoms with van der Waals surface area (Å²) in [6.07, 6.45) is 3.18. The Morgan fingerprint density at radius 1 is 1.59 bits per heavy atom. The van der Waals surface area contributed by atoms with Gasteiger partial charge in [0.25, 0.3) is 0 Å². The van der Waals surface area contributed by atoms with Crippen molar-refractivity contribution in [3.63, 3.8) is 0 Å². The molecule has 0 saturated carbocycles. The van der Waals surface area contributed by atoms with Crippen molar-refractivity contribution < 1.29 is 9.90 Å². The summed E-state index contributed by atoms with van der Waals surface area (Å²) >= 11 is 1.33. The third kappa shape index (κ3) is 2.62. The van der Waals surface area contributed by atoms with Gasteiger partial charge in [0.05, 0.1) is 11.3 Å². The van der Waals surface area contributed by atoms with Crippen LogP contribution in [-0.2, 0) is 12.8 Å². The highest BCUT2D eigenvalue weighted by Crippen LogP contribution is 2.22. The molecule has 0 aliphatic rings. The molecular formula is C10H10N4O2S. The predicted octanol–water partition coefficient (Wildman–Crippen LogP) is 1.20. The maximum atomic E-state index is 11.0. The summed E-state index contributed by atoms with van der Waals surface area (Å²) in [6.45, 7) is 0. The van der Waals surface area contributed by atoms with Crippen LogP contribution in [0.5, 0.6) is 0 Å². The summed E-state index contributed by atoms with van der Waals surface area (Å²) in [7, 11) is 1.84. The minimum atomic E-state index is -0.974. The summed E-state index contributed by atoms with van der Waals surface area (Å²) in [5.41, 5.74) is 0.208. The molecule has 0 atom stereocenters. The molecular weight excluding hydrogens is 240 g/mol. The minimum absolute atomic E-state index is 0.208. The third-order valence-corrected chi connectivity index (χ3v) is 3.15. The number of hydrogen-bond acceptors (Lipinski definition) is 5. The standard InChI is InChI=1S/C10H10N4O2S/c1-14-6-12-13-8(14)5-17-9-7(10(15)16)3-2-4-11-9/h2-4,6H,5H2,1H3,(H,15,16). The molecule has 0 radical (unpaired) electrons. The Balaban J connectivity index is 2.14. The van der Waals surface area contributed by atoms with E-state index in [0.717, 1.165) is 5.82 Å². The Labute approximate surface area is 102 Å². The first-order valence-corrected chi connectivity index (χ1v) is 5.81. The first-order chi connectivity index (χ1) is 8.18. The lowest BCUT2D eigenvalue weighted by Crippen LogP contribution is -2.01. The van der Waals surface area contributed by atoms with E-state index in [1.54, 1.807) is 23.2 Å². The number of pyridine rings is 1. The molecule has 2 aromatic heterocycles. The van der Waals surface area contributed by atoms with Crippen LogP contribution in [0.1, 0.15) is 16.2 Å². The van der Waals surface area contributed by atoms with Gasteiger partial charge in [-0.3, -0.25) is 0 Å². The van der Waals surface area contributed by atoms with E-state index in [1.807, 2.05) is 7.05 Å². The van der Waals surface area contributed by atoms with Crippen molar-refractivity contribution >= 4 is 17.7 Å². The summed E-state index contributed by atoms with van der Waals surface area (Å²) in [6, 6.07) is 3.14. The van der Waals surface area contributed by atoms with Crippen LogP contribution in [0.4, 0.5) is 0 Å². The summed E-state index contributed by atoms with van der Waals surface area (Å²) in [5, 5.41) is 17.2. The fourth-order valence-electron chi connectivity index (χ4n) is 1.24. The van der Waals surface area contributed by atoms with Gasteiger partial charge in [0.2, 0.25) is 0 Å². The Kier molecular flexibility index (Phi) is 3.38. The normalized spacial score (nSPS) is 10.4. The van der Waals surface area contributed by atoms with E-state index < -0.39 is 5.97 Å². The van der Waals surface area contributed by atoms with Crippen molar-refractivity contribution in [1.29, 1.82) is 0 Å². The van der Waals surface area contributed by atoms with E-state index >= 15 is 0 Å². The average molecular weight is 250 g/mol. The number of carboxylic acids is 1. The zero-order valence-electron chi connectivity index (χ0n) is 9.07. The molecule has 0 aliphatic heterocycles. The molecule has 0 spiro atoms. The molecule has 2 rings (SSSR count). The smallest absolute Gasteiger partial charge is 0.338 e. The molecule has 0 aromatic carbocycles. The van der Waals surface area contributed by atoms with Gasteiger partial charge in [-0.2, -0.15) is 0 Å². The second-order valence-corrected chi connectivity index (χ2v) is 4.27. The first-order valence-electron chi connectivity index (χ1n) is 4.82. The number of aryl methyl sites for hydroxylation is 1. The van der Waals surface area contributed by atoms with E-state index in [2.05, 4.69) is 15.2 Å². The van der Waals surface area contributed by atoms with E-state index in [-0.39, 0.29) is 5.56 Å². The predicted molar refractivity (Wildman–Crippen MR) is 61.8 cm³/mol. The zero-order chi connectivity index (χ0) is 12.3. The number of carboxylic acid groups (broad SMARTS) is 1. The molecule has 0 unspecified atom stereocenters. The van der Waals surface area contributed by atoms with Gasteiger partial charge >= 0.3 is 5.97 Å². The van der Waals surface area contributed by atoms with Crippen LogP contribution in [0.3, 0.4) is 0 Å². The van der Waals surface area contributed by atoms with Crippen LogP contribution in [-0.4, -0.2) is 30.8 Å². The van der Waals surface area contributed by atoms with Crippen LogP contribution in [0.25, 0.3) is 0 Å². The van der Waals surface area contributed by atoms with Gasteiger partial charge in [-0.15, -0.1) is 10.2 Å². The average Bonchev–Trinajstić information content (AvgIpc) is 2.72. The van der Waals surface area contributed by atoms with Crippen molar-refractivity contribution in [2.75, 3.05) is 0 Å². The molecule has 7 heteroatoms. The fraction of sp³-hybridized carbons (Fsp3) is 0.200. The van der Waals surface area contributed by atoms with Gasteiger partial charge in [0.15, 0.2) is 0 Å². The number of aromatic nitrogens is 4. The first kappa shape index (κ1) is 11.6. The molecule has 17 heavy (non-hydrogen) atoms. The molecule has 0 fully saturated rings. The number of rotatable bonds is 4. The molecule has 0 amide bonds. The Bertz CT molecular complexity index is 541. The summed E-state index contributed by atoms with van der Waals surface area (Å²) < 4.78 is 1.79. The van der Waals surface area contributed by atoms with Crippen LogP contribution in [0, 0.1) is 0 Å². The quantitative estimate of drug-likeness (QED) is 0.821. The van der Waals surface area contributed by atoms with Gasteiger partial charge in [0, 0.05) is 13.2 Å². The number of hydrogen-bond donors (Lipinski definition) is 1. The van der Waals surface area contributed by atoms with Gasteiger partial charge in [0.1, 0.15) is 17.2 Å². The van der Waals surface area contributed by atoms with Gasteiger partial charge in [-0.25, -0.2) is 9.78 Å². The topological polar surface area (TPSA) is 80.9 Å². The highest BCUT2D eigenvalue weighted by molar-refractivity contribution is 7.98. The molecule has 6 nitrogen and oxygen atoms in total. The lowest BCUT2D eigenvalue weighted by atomic mass is 10.3. The Morgan fingerprint density at radius 3 is 3.06 bits per heavy atom. The van der Waals surface area contributed by atoms with Crippen LogP contribution in [0.15, 0.2) is 29.7 Å². The van der Waals surface area contributed by atoms with Crippen molar-refractivity contribution in [3.05, 3.63) is 36.0 Å². The second-order valence-electron chi connectivity index (χ2n) is 3.31. The third-order valence-electron chi connectivity index (χ3n) is 2.14. The van der Waals surface area contributed by atoms with Gasteiger partial charge in [-0.05, 0) is 12.1 Å². The van der Waals surface area contributed by atoms with E-state index in [0.29, 0.717) is 10.8 Å². The highest BCUT2D eigenvalue weighted by Gasteiger charge is 2.12. The maximum absolute atomic E-state index is 11.0. The molecule has 2 heterocycles. The summed E-state index contributed by atoms with van der Waals surface area (Å²) in [4.78, 5) is 15.0. The molecule has 0 saturated heterocycles. The molecule has 0 aliphatic carbocycles. The molecule has 1 N–H and O–H groups in total. The molecule has 88 valence electrons. The molecule has 0 bridgehead atoms. The van der Waals surface area contributed by atoms with Crippen molar-refractivity contribution in [3.8, 4) is 0 Å². The van der Waals surface area contributed by atoms with E-state index in [9.17, 15) is 4.79 Å². The van der Waals surface area contributed by atoms with Crippen LogP contribution < -0.4 is 0 Å². The Hall–Kier alpha value is -1.89. The SMILES string of the molecule is Cn1cnnc1CSc1ncccc1C(=O)O. The van der Waals surface area contributed by atoms with Crippen molar-refractivity contribution in [2.24, 2.45) is 7.05 Å².